The van der Waals surface area contributed by atoms with Crippen LogP contribution < -0.4 is 5.32 Å². The maximum absolute atomic E-state index is 12.9. The van der Waals surface area contributed by atoms with Crippen LogP contribution in [0.5, 0.6) is 0 Å². The number of nitrogens with zero attached hydrogens (tertiary/aromatic N) is 4. The highest BCUT2D eigenvalue weighted by atomic mass is 19.4. The number of rotatable bonds is 5. The minimum absolute atomic E-state index is 0.0389. The van der Waals surface area contributed by atoms with Crippen LogP contribution in [0.25, 0.3) is 0 Å². The Labute approximate surface area is 133 Å². The fourth-order valence-corrected chi connectivity index (χ4v) is 2.08. The molecule has 2 heterocycles. The fraction of sp³-hybridized carbons (Fsp3) is 0.417. The number of H-pyrrole nitrogens is 1. The Balaban J connectivity index is 2.27. The second-order valence-corrected chi connectivity index (χ2v) is 4.92. The lowest BCUT2D eigenvalue weighted by molar-refractivity contribution is -0.385. The van der Waals surface area contributed by atoms with Crippen molar-refractivity contribution in [3.63, 3.8) is 0 Å². The Bertz CT molecular complexity index is 766. The highest BCUT2D eigenvalue weighted by Gasteiger charge is 2.38. The number of amides is 1. The van der Waals surface area contributed by atoms with E-state index in [4.69, 9.17) is 0 Å². The molecule has 0 radical (unpaired) electrons. The number of nitrogens with one attached hydrogen (secondary N) is 2. The first-order valence-corrected chi connectivity index (χ1v) is 6.76. The molecular formula is C12H13F3N6O3. The van der Waals surface area contributed by atoms with Gasteiger partial charge in [0.25, 0.3) is 0 Å². The molecule has 0 aliphatic carbocycles. The molecule has 9 nitrogen and oxygen atoms in total. The van der Waals surface area contributed by atoms with Crippen LogP contribution in [0.4, 0.5) is 24.5 Å². The summed E-state index contributed by atoms with van der Waals surface area (Å²) in [6.45, 7) is 2.93. The van der Waals surface area contributed by atoms with Gasteiger partial charge in [-0.15, -0.1) is 0 Å². The van der Waals surface area contributed by atoms with E-state index < -0.39 is 34.4 Å². The first-order valence-electron chi connectivity index (χ1n) is 6.76. The van der Waals surface area contributed by atoms with Gasteiger partial charge in [0.1, 0.15) is 18.4 Å². The summed E-state index contributed by atoms with van der Waals surface area (Å²) in [7, 11) is 0. The number of hydrogen-bond acceptors (Lipinski definition) is 5. The summed E-state index contributed by atoms with van der Waals surface area (Å²) < 4.78 is 39.7. The number of anilines is 1. The van der Waals surface area contributed by atoms with Crippen molar-refractivity contribution in [1.29, 1.82) is 0 Å². The zero-order valence-corrected chi connectivity index (χ0v) is 12.6. The molecule has 0 aliphatic heterocycles. The summed E-state index contributed by atoms with van der Waals surface area (Å²) in [4.78, 5) is 22.3. The molecule has 1 atom stereocenters. The van der Waals surface area contributed by atoms with Gasteiger partial charge in [-0.1, -0.05) is 6.92 Å². The largest absolute Gasteiger partial charge is 0.437 e. The maximum Gasteiger partial charge on any atom is 0.437 e. The minimum Gasteiger partial charge on any atom is -0.321 e. The number of carbonyl (C=O) groups is 1. The Kier molecular flexibility index (Phi) is 4.57. The fourth-order valence-electron chi connectivity index (χ4n) is 2.08. The lowest BCUT2D eigenvalue weighted by atomic mass is 10.2. The van der Waals surface area contributed by atoms with Crippen LogP contribution in [0.3, 0.4) is 0 Å². The summed E-state index contributed by atoms with van der Waals surface area (Å²) in [5.74, 6) is -0.787. The van der Waals surface area contributed by atoms with E-state index in [-0.39, 0.29) is 17.8 Å². The van der Waals surface area contributed by atoms with E-state index in [0.29, 0.717) is 0 Å². The number of nitro groups is 1. The van der Waals surface area contributed by atoms with E-state index in [9.17, 15) is 28.1 Å². The topological polar surface area (TPSA) is 119 Å². The molecule has 2 aromatic heterocycles. The van der Waals surface area contributed by atoms with Crippen LogP contribution in [0.15, 0.2) is 12.4 Å². The van der Waals surface area contributed by atoms with Crippen molar-refractivity contribution in [2.24, 2.45) is 0 Å². The van der Waals surface area contributed by atoms with Crippen molar-refractivity contribution in [2.45, 2.75) is 32.5 Å². The molecule has 0 spiro atoms. The molecule has 0 saturated carbocycles. The molecular weight excluding hydrogens is 333 g/mol. The Hall–Kier alpha value is -2.92. The monoisotopic (exact) mass is 346 g/mol. The van der Waals surface area contributed by atoms with Crippen molar-refractivity contribution in [3.05, 3.63) is 33.9 Å². The van der Waals surface area contributed by atoms with Crippen LogP contribution in [0.2, 0.25) is 0 Å². The Morgan fingerprint density at radius 2 is 2.21 bits per heavy atom. The average molecular weight is 346 g/mol. The number of aromatic nitrogens is 4. The van der Waals surface area contributed by atoms with Gasteiger partial charge in [0.2, 0.25) is 5.91 Å². The number of hydrogen-bond donors (Lipinski definition) is 2. The lowest BCUT2D eigenvalue weighted by Crippen LogP contribution is -2.27. The second-order valence-electron chi connectivity index (χ2n) is 4.92. The van der Waals surface area contributed by atoms with E-state index in [1.807, 2.05) is 0 Å². The zero-order valence-electron chi connectivity index (χ0n) is 12.6. The van der Waals surface area contributed by atoms with Crippen LogP contribution >= 0.6 is 0 Å². The summed E-state index contributed by atoms with van der Waals surface area (Å²) in [5, 5.41) is 21.9. The molecule has 1 unspecified atom stereocenters. The van der Waals surface area contributed by atoms with Crippen molar-refractivity contribution in [1.82, 2.24) is 20.0 Å². The lowest BCUT2D eigenvalue weighted by Gasteiger charge is -2.16. The van der Waals surface area contributed by atoms with Crippen LogP contribution in [-0.4, -0.2) is 30.8 Å². The number of aromatic amines is 1. The Morgan fingerprint density at radius 3 is 2.71 bits per heavy atom. The van der Waals surface area contributed by atoms with E-state index in [1.165, 1.54) is 6.92 Å². The number of halogens is 3. The maximum atomic E-state index is 12.9. The molecule has 24 heavy (non-hydrogen) atoms. The predicted molar refractivity (Wildman–Crippen MR) is 75.2 cm³/mol. The second kappa shape index (κ2) is 6.29. The third-order valence-electron chi connectivity index (χ3n) is 3.27. The molecule has 12 heteroatoms. The van der Waals surface area contributed by atoms with E-state index >= 15 is 0 Å². The Morgan fingerprint density at radius 1 is 1.54 bits per heavy atom. The number of aryl methyl sites for hydroxylation is 1. The standard InChI is InChI=1S/C12H13F3N6O3/c1-3-8(20-5-7(4-16-20)21(23)24)11(22)17-9-6(2)18-19-10(9)12(13,14)15/h4-5,8H,3H2,1-2H3,(H,17,22)(H,18,19). The van der Waals surface area contributed by atoms with Crippen molar-refractivity contribution >= 4 is 17.3 Å². The minimum atomic E-state index is -4.74. The normalized spacial score (nSPS) is 12.9. The highest BCUT2D eigenvalue weighted by molar-refractivity contribution is 5.94. The summed E-state index contributed by atoms with van der Waals surface area (Å²) >= 11 is 0. The van der Waals surface area contributed by atoms with E-state index in [1.54, 1.807) is 6.92 Å². The van der Waals surface area contributed by atoms with E-state index in [0.717, 1.165) is 17.1 Å². The van der Waals surface area contributed by atoms with Crippen LogP contribution in [0.1, 0.15) is 30.8 Å². The smallest absolute Gasteiger partial charge is 0.321 e. The van der Waals surface area contributed by atoms with Crippen molar-refractivity contribution in [3.8, 4) is 0 Å². The SMILES string of the molecule is CCC(C(=O)Nc1c(C(F)(F)F)n[nH]c1C)n1cc([N+](=O)[O-])cn1. The van der Waals surface area contributed by atoms with Crippen molar-refractivity contribution in [2.75, 3.05) is 5.32 Å². The number of carbonyl (C=O) groups excluding carboxylic acids is 1. The van der Waals surface area contributed by atoms with Gasteiger partial charge in [-0.25, -0.2) is 0 Å². The third-order valence-corrected chi connectivity index (χ3v) is 3.27. The molecule has 0 fully saturated rings. The molecule has 130 valence electrons. The van der Waals surface area contributed by atoms with Gasteiger partial charge in [-0.05, 0) is 13.3 Å². The summed E-state index contributed by atoms with van der Waals surface area (Å²) in [6, 6.07) is -1.01. The molecule has 0 bridgehead atoms. The van der Waals surface area contributed by atoms with Gasteiger partial charge in [0.15, 0.2) is 5.69 Å². The van der Waals surface area contributed by atoms with Crippen LogP contribution in [-0.2, 0) is 11.0 Å². The van der Waals surface area contributed by atoms with Gasteiger partial charge in [0.05, 0.1) is 16.3 Å². The van der Waals surface area contributed by atoms with Gasteiger partial charge in [-0.3, -0.25) is 24.7 Å². The molecule has 2 rings (SSSR count). The predicted octanol–water partition coefficient (Wildman–Crippen LogP) is 2.43. The first kappa shape index (κ1) is 17.4. The molecule has 0 aromatic carbocycles. The molecule has 0 saturated heterocycles. The van der Waals surface area contributed by atoms with Crippen molar-refractivity contribution < 1.29 is 22.9 Å². The summed E-state index contributed by atoms with van der Waals surface area (Å²) in [5.41, 5.74) is -2.00. The molecule has 2 N–H and O–H groups in total. The molecule has 0 aliphatic rings. The van der Waals surface area contributed by atoms with Crippen LogP contribution in [0, 0.1) is 17.0 Å². The molecule has 1 amide bonds. The van der Waals surface area contributed by atoms with Gasteiger partial charge >= 0.3 is 11.9 Å². The zero-order chi connectivity index (χ0) is 18.1. The quantitative estimate of drug-likeness (QED) is 0.636. The average Bonchev–Trinajstić information content (AvgIpc) is 3.07. The molecule has 2 aromatic rings. The summed E-state index contributed by atoms with van der Waals surface area (Å²) in [6.07, 6.45) is -2.57. The highest BCUT2D eigenvalue weighted by Crippen LogP contribution is 2.35. The van der Waals surface area contributed by atoms with Gasteiger partial charge in [0, 0.05) is 0 Å². The third kappa shape index (κ3) is 3.36. The number of alkyl halides is 3. The first-order chi connectivity index (χ1) is 11.1. The van der Waals surface area contributed by atoms with Gasteiger partial charge in [-0.2, -0.15) is 23.4 Å². The van der Waals surface area contributed by atoms with Gasteiger partial charge < -0.3 is 5.32 Å². The van der Waals surface area contributed by atoms with E-state index in [2.05, 4.69) is 20.6 Å².